The third-order valence-corrected chi connectivity index (χ3v) is 4.51. The highest BCUT2D eigenvalue weighted by atomic mass is 16.5. The van der Waals surface area contributed by atoms with Gasteiger partial charge in [0, 0.05) is 5.56 Å². The lowest BCUT2D eigenvalue weighted by molar-refractivity contribution is 0.305. The summed E-state index contributed by atoms with van der Waals surface area (Å²) in [6.07, 6.45) is 0. The lowest BCUT2D eigenvalue weighted by atomic mass is 10.1. The van der Waals surface area contributed by atoms with Gasteiger partial charge in [0.1, 0.15) is 18.1 Å². The SMILES string of the molecule is COc1ccccc1-c1nc(-c2cccc(OCc3ccccc3C)c2)no1. The highest BCUT2D eigenvalue weighted by Crippen LogP contribution is 2.30. The van der Waals surface area contributed by atoms with Gasteiger partial charge in [0.05, 0.1) is 12.7 Å². The minimum absolute atomic E-state index is 0.415. The number of ether oxygens (including phenoxy) is 2. The Hall–Kier alpha value is -3.60. The van der Waals surface area contributed by atoms with E-state index >= 15 is 0 Å². The Morgan fingerprint density at radius 2 is 1.75 bits per heavy atom. The second-order valence-corrected chi connectivity index (χ2v) is 6.37. The van der Waals surface area contributed by atoms with Crippen molar-refractivity contribution >= 4 is 0 Å². The molecular weight excluding hydrogens is 352 g/mol. The summed E-state index contributed by atoms with van der Waals surface area (Å²) >= 11 is 0. The van der Waals surface area contributed by atoms with E-state index in [0.717, 1.165) is 22.4 Å². The van der Waals surface area contributed by atoms with Crippen LogP contribution in [0.25, 0.3) is 22.8 Å². The first kappa shape index (κ1) is 17.8. The largest absolute Gasteiger partial charge is 0.496 e. The molecule has 0 aliphatic carbocycles. The second kappa shape index (κ2) is 7.96. The summed E-state index contributed by atoms with van der Waals surface area (Å²) in [4.78, 5) is 4.52. The van der Waals surface area contributed by atoms with Gasteiger partial charge in [-0.25, -0.2) is 0 Å². The lowest BCUT2D eigenvalue weighted by Crippen LogP contribution is -1.97. The number of aromatic nitrogens is 2. The van der Waals surface area contributed by atoms with Gasteiger partial charge in [-0.3, -0.25) is 0 Å². The van der Waals surface area contributed by atoms with Gasteiger partial charge in [-0.2, -0.15) is 4.98 Å². The summed E-state index contributed by atoms with van der Waals surface area (Å²) in [5.74, 6) is 2.36. The van der Waals surface area contributed by atoms with E-state index in [2.05, 4.69) is 29.2 Å². The van der Waals surface area contributed by atoms with Crippen LogP contribution in [0.15, 0.2) is 77.3 Å². The van der Waals surface area contributed by atoms with Crippen LogP contribution in [0, 0.1) is 6.92 Å². The van der Waals surface area contributed by atoms with Crippen LogP contribution in [-0.4, -0.2) is 17.3 Å². The third-order valence-electron chi connectivity index (χ3n) is 4.51. The Bertz CT molecular complexity index is 1090. The molecule has 0 saturated carbocycles. The Morgan fingerprint density at radius 1 is 0.929 bits per heavy atom. The summed E-state index contributed by atoms with van der Waals surface area (Å²) < 4.78 is 16.8. The molecule has 0 aliphatic heterocycles. The third kappa shape index (κ3) is 3.74. The van der Waals surface area contributed by atoms with Gasteiger partial charge in [-0.15, -0.1) is 0 Å². The molecule has 0 spiro atoms. The standard InChI is InChI=1S/C23H20N2O3/c1-16-8-3-4-9-18(16)15-27-19-11-7-10-17(14-19)22-24-23(28-25-22)20-12-5-6-13-21(20)26-2/h3-14H,15H2,1-2H3. The van der Waals surface area contributed by atoms with Crippen molar-refractivity contribution in [2.24, 2.45) is 0 Å². The Kier molecular flexibility index (Phi) is 5.06. The van der Waals surface area contributed by atoms with Crippen LogP contribution in [0.5, 0.6) is 11.5 Å². The fraction of sp³-hybridized carbons (Fsp3) is 0.130. The number of rotatable bonds is 6. The molecule has 140 valence electrons. The van der Waals surface area contributed by atoms with E-state index < -0.39 is 0 Å². The van der Waals surface area contributed by atoms with Gasteiger partial charge in [0.15, 0.2) is 0 Å². The zero-order valence-electron chi connectivity index (χ0n) is 15.8. The maximum Gasteiger partial charge on any atom is 0.262 e. The fourth-order valence-corrected chi connectivity index (χ4v) is 2.93. The predicted molar refractivity (Wildman–Crippen MR) is 107 cm³/mol. The molecule has 5 heteroatoms. The monoisotopic (exact) mass is 372 g/mol. The molecule has 0 saturated heterocycles. The van der Waals surface area contributed by atoms with Crippen LogP contribution in [0.3, 0.4) is 0 Å². The summed E-state index contributed by atoms with van der Waals surface area (Å²) in [5.41, 5.74) is 3.95. The molecule has 5 nitrogen and oxygen atoms in total. The highest BCUT2D eigenvalue weighted by molar-refractivity contribution is 5.65. The van der Waals surface area contributed by atoms with Crippen molar-refractivity contribution in [3.05, 3.63) is 83.9 Å². The van der Waals surface area contributed by atoms with E-state index in [-0.39, 0.29) is 0 Å². The van der Waals surface area contributed by atoms with Gasteiger partial charge in [0.2, 0.25) is 5.82 Å². The van der Waals surface area contributed by atoms with Crippen LogP contribution >= 0.6 is 0 Å². The van der Waals surface area contributed by atoms with Gasteiger partial charge < -0.3 is 14.0 Å². The van der Waals surface area contributed by atoms with Crippen molar-refractivity contribution in [1.82, 2.24) is 10.1 Å². The summed E-state index contributed by atoms with van der Waals surface area (Å²) in [6.45, 7) is 2.59. The summed E-state index contributed by atoms with van der Waals surface area (Å²) in [7, 11) is 1.62. The van der Waals surface area contributed by atoms with E-state index in [1.165, 1.54) is 5.56 Å². The minimum atomic E-state index is 0.415. The van der Waals surface area contributed by atoms with Crippen molar-refractivity contribution in [1.29, 1.82) is 0 Å². The first-order valence-corrected chi connectivity index (χ1v) is 8.99. The number of methoxy groups -OCH3 is 1. The van der Waals surface area contributed by atoms with Crippen LogP contribution in [0.4, 0.5) is 0 Å². The van der Waals surface area contributed by atoms with Crippen LogP contribution < -0.4 is 9.47 Å². The maximum atomic E-state index is 5.96. The molecule has 1 heterocycles. The maximum absolute atomic E-state index is 5.96. The van der Waals surface area contributed by atoms with E-state index in [0.29, 0.717) is 24.1 Å². The molecule has 0 unspecified atom stereocenters. The van der Waals surface area contributed by atoms with Crippen LogP contribution in [-0.2, 0) is 6.61 Å². The van der Waals surface area contributed by atoms with Gasteiger partial charge in [-0.1, -0.05) is 53.7 Å². The Balaban J connectivity index is 1.55. The topological polar surface area (TPSA) is 57.4 Å². The summed E-state index contributed by atoms with van der Waals surface area (Å²) in [6, 6.07) is 23.4. The number of benzene rings is 3. The van der Waals surface area contributed by atoms with E-state index in [1.54, 1.807) is 7.11 Å². The smallest absolute Gasteiger partial charge is 0.262 e. The molecular formula is C23H20N2O3. The van der Waals surface area contributed by atoms with Gasteiger partial charge in [0.25, 0.3) is 5.89 Å². The van der Waals surface area contributed by atoms with Crippen molar-refractivity contribution in [2.75, 3.05) is 7.11 Å². The number of hydrogen-bond acceptors (Lipinski definition) is 5. The molecule has 0 N–H and O–H groups in total. The number of nitrogens with zero attached hydrogens (tertiary/aromatic N) is 2. The zero-order chi connectivity index (χ0) is 19.3. The fourth-order valence-electron chi connectivity index (χ4n) is 2.93. The molecule has 4 rings (SSSR count). The van der Waals surface area contributed by atoms with E-state index in [9.17, 15) is 0 Å². The van der Waals surface area contributed by atoms with Crippen molar-refractivity contribution < 1.29 is 14.0 Å². The van der Waals surface area contributed by atoms with Crippen molar-refractivity contribution in [3.63, 3.8) is 0 Å². The molecule has 3 aromatic carbocycles. The molecule has 28 heavy (non-hydrogen) atoms. The average Bonchev–Trinajstić information content (AvgIpc) is 3.23. The minimum Gasteiger partial charge on any atom is -0.496 e. The molecule has 0 amide bonds. The van der Waals surface area contributed by atoms with E-state index in [4.69, 9.17) is 14.0 Å². The number of aryl methyl sites for hydroxylation is 1. The molecule has 1 aromatic heterocycles. The molecule has 0 aliphatic rings. The molecule has 0 fully saturated rings. The molecule has 4 aromatic rings. The second-order valence-electron chi connectivity index (χ2n) is 6.37. The first-order valence-electron chi connectivity index (χ1n) is 8.99. The molecule has 0 atom stereocenters. The Morgan fingerprint density at radius 3 is 2.61 bits per heavy atom. The highest BCUT2D eigenvalue weighted by Gasteiger charge is 2.14. The van der Waals surface area contributed by atoms with Crippen LogP contribution in [0.1, 0.15) is 11.1 Å². The number of hydrogen-bond donors (Lipinski definition) is 0. The lowest BCUT2D eigenvalue weighted by Gasteiger charge is -2.09. The first-order chi connectivity index (χ1) is 13.7. The van der Waals surface area contributed by atoms with Crippen LogP contribution in [0.2, 0.25) is 0 Å². The summed E-state index contributed by atoms with van der Waals surface area (Å²) in [5, 5.41) is 4.11. The molecule has 0 bridgehead atoms. The Labute approximate surface area is 163 Å². The van der Waals surface area contributed by atoms with Crippen molar-refractivity contribution in [2.45, 2.75) is 13.5 Å². The van der Waals surface area contributed by atoms with E-state index in [1.807, 2.05) is 60.7 Å². The number of para-hydroxylation sites is 1. The van der Waals surface area contributed by atoms with Gasteiger partial charge in [-0.05, 0) is 42.3 Å². The normalized spacial score (nSPS) is 10.6. The van der Waals surface area contributed by atoms with Gasteiger partial charge >= 0.3 is 0 Å². The predicted octanol–water partition coefficient (Wildman–Crippen LogP) is 5.30. The van der Waals surface area contributed by atoms with Crippen molar-refractivity contribution in [3.8, 4) is 34.3 Å². The zero-order valence-corrected chi connectivity index (χ0v) is 15.8. The average molecular weight is 372 g/mol. The molecule has 0 radical (unpaired) electrons. The quantitative estimate of drug-likeness (QED) is 0.460.